The number of benzene rings is 3. The Hall–Kier alpha value is -6.74. The molecule has 4 heterocycles. The molecule has 1 atom stereocenters. The molecule has 3 aromatic carbocycles. The zero-order valence-electron chi connectivity index (χ0n) is 31.7. The standard InChI is InChI=1S/C43H42N8O4/c1-25(2)32-19-28(21-37-40(32)51(6)43(55)50(37)5)31-14-8-12-27-20-35(45-24-33(27)31)29-22-36(49(3)4)39(46-23-29)42(54)44-17-9-11-26-10-7-13-30(18-26)47-34-15-16-38(52)48-41(34)53/h7-8,10,12-14,18-25,34,47H,15-17H2,1-6H3,(H,44,54)(H,48,52,53). The van der Waals surface area contributed by atoms with Crippen molar-refractivity contribution in [1.29, 1.82) is 0 Å². The molecule has 1 aliphatic heterocycles. The summed E-state index contributed by atoms with van der Waals surface area (Å²) in [5.41, 5.74) is 8.74. The number of carbonyl (C=O) groups is 3. The first-order valence-corrected chi connectivity index (χ1v) is 18.1. The Morgan fingerprint density at radius 2 is 1.76 bits per heavy atom. The van der Waals surface area contributed by atoms with Crippen LogP contribution in [0.2, 0.25) is 0 Å². The third-order valence-corrected chi connectivity index (χ3v) is 9.96. The topological polar surface area (TPSA) is 143 Å². The summed E-state index contributed by atoms with van der Waals surface area (Å²) in [7, 11) is 7.35. The molecule has 278 valence electrons. The van der Waals surface area contributed by atoms with Crippen molar-refractivity contribution in [3.8, 4) is 34.2 Å². The lowest BCUT2D eigenvalue weighted by atomic mass is 9.93. The van der Waals surface area contributed by atoms with Gasteiger partial charge in [0.15, 0.2) is 5.69 Å². The first-order chi connectivity index (χ1) is 26.4. The number of anilines is 2. The van der Waals surface area contributed by atoms with Crippen LogP contribution in [-0.2, 0) is 23.7 Å². The van der Waals surface area contributed by atoms with Gasteiger partial charge in [0, 0.05) is 69.2 Å². The van der Waals surface area contributed by atoms with Gasteiger partial charge in [-0.05, 0) is 76.9 Å². The fourth-order valence-electron chi connectivity index (χ4n) is 7.05. The van der Waals surface area contributed by atoms with Crippen molar-refractivity contribution in [2.75, 3.05) is 30.9 Å². The van der Waals surface area contributed by atoms with Gasteiger partial charge in [-0.3, -0.25) is 33.8 Å². The molecule has 7 rings (SSSR count). The van der Waals surface area contributed by atoms with Crippen LogP contribution < -0.4 is 26.5 Å². The SMILES string of the molecule is CC(C)c1cc(-c2cccc3cc(-c4cnc(C(=O)NCC#Cc5cccc(NC6CCC(=O)NC6=O)c5)c(N(C)C)c4)ncc23)cc2c1n(C)c(=O)n2C. The van der Waals surface area contributed by atoms with Gasteiger partial charge in [-0.25, -0.2) is 9.78 Å². The van der Waals surface area contributed by atoms with Gasteiger partial charge in [-0.2, -0.15) is 0 Å². The Bertz CT molecular complexity index is 2640. The quantitative estimate of drug-likeness (QED) is 0.141. The van der Waals surface area contributed by atoms with Gasteiger partial charge in [0.2, 0.25) is 11.8 Å². The molecule has 3 amide bonds. The second-order valence-corrected chi connectivity index (χ2v) is 14.3. The molecule has 1 fully saturated rings. The van der Waals surface area contributed by atoms with Crippen molar-refractivity contribution < 1.29 is 14.4 Å². The predicted octanol–water partition coefficient (Wildman–Crippen LogP) is 5.34. The van der Waals surface area contributed by atoms with E-state index >= 15 is 0 Å². The third-order valence-electron chi connectivity index (χ3n) is 9.96. The monoisotopic (exact) mass is 734 g/mol. The Morgan fingerprint density at radius 1 is 0.964 bits per heavy atom. The van der Waals surface area contributed by atoms with E-state index in [4.69, 9.17) is 4.98 Å². The van der Waals surface area contributed by atoms with E-state index in [0.717, 1.165) is 49.8 Å². The van der Waals surface area contributed by atoms with Crippen molar-refractivity contribution >= 4 is 50.9 Å². The van der Waals surface area contributed by atoms with Crippen LogP contribution in [0.4, 0.5) is 11.4 Å². The summed E-state index contributed by atoms with van der Waals surface area (Å²) in [4.78, 5) is 61.0. The molecule has 3 N–H and O–H groups in total. The first-order valence-electron chi connectivity index (χ1n) is 18.1. The summed E-state index contributed by atoms with van der Waals surface area (Å²) < 4.78 is 3.42. The Morgan fingerprint density at radius 3 is 2.53 bits per heavy atom. The van der Waals surface area contributed by atoms with Crippen molar-refractivity contribution in [3.05, 3.63) is 106 Å². The van der Waals surface area contributed by atoms with E-state index in [9.17, 15) is 19.2 Å². The molecule has 12 nitrogen and oxygen atoms in total. The molecule has 1 unspecified atom stereocenters. The van der Waals surface area contributed by atoms with Crippen LogP contribution in [0, 0.1) is 11.8 Å². The zero-order chi connectivity index (χ0) is 39.0. The highest BCUT2D eigenvalue weighted by Crippen LogP contribution is 2.36. The van der Waals surface area contributed by atoms with Gasteiger partial charge in [0.25, 0.3) is 5.91 Å². The maximum absolute atomic E-state index is 13.3. The van der Waals surface area contributed by atoms with Gasteiger partial charge in [-0.1, -0.05) is 50.0 Å². The number of amides is 3. The number of nitrogens with one attached hydrogen (secondary N) is 3. The number of aromatic nitrogens is 4. The predicted molar refractivity (Wildman–Crippen MR) is 216 cm³/mol. The molecule has 1 saturated heterocycles. The minimum absolute atomic E-state index is 0.0535. The van der Waals surface area contributed by atoms with E-state index in [1.54, 1.807) is 15.3 Å². The van der Waals surface area contributed by atoms with Crippen LogP contribution in [0.25, 0.3) is 44.2 Å². The number of hydrogen-bond acceptors (Lipinski definition) is 8. The minimum Gasteiger partial charge on any atom is -0.376 e. The fourth-order valence-corrected chi connectivity index (χ4v) is 7.05. The fraction of sp³-hybridized carbons (Fsp3) is 0.256. The summed E-state index contributed by atoms with van der Waals surface area (Å²) in [6.07, 6.45) is 4.24. The van der Waals surface area contributed by atoms with Gasteiger partial charge in [0.05, 0.1) is 29.0 Å². The summed E-state index contributed by atoms with van der Waals surface area (Å²) in [6, 6.07) is 21.2. The van der Waals surface area contributed by atoms with E-state index in [1.165, 1.54) is 0 Å². The second kappa shape index (κ2) is 14.9. The average molecular weight is 735 g/mol. The average Bonchev–Trinajstić information content (AvgIpc) is 3.39. The van der Waals surface area contributed by atoms with Crippen molar-refractivity contribution in [2.45, 2.75) is 38.6 Å². The maximum atomic E-state index is 13.3. The molecule has 0 bridgehead atoms. The number of pyridine rings is 2. The highest BCUT2D eigenvalue weighted by Gasteiger charge is 2.26. The van der Waals surface area contributed by atoms with Gasteiger partial charge >= 0.3 is 5.69 Å². The first kappa shape index (κ1) is 36.6. The van der Waals surface area contributed by atoms with Crippen molar-refractivity contribution in [2.24, 2.45) is 14.1 Å². The van der Waals surface area contributed by atoms with Gasteiger partial charge in [-0.15, -0.1) is 0 Å². The maximum Gasteiger partial charge on any atom is 0.328 e. The smallest absolute Gasteiger partial charge is 0.328 e. The lowest BCUT2D eigenvalue weighted by Crippen LogP contribution is -2.47. The molecular formula is C43H42N8O4. The van der Waals surface area contributed by atoms with Crippen LogP contribution in [0.3, 0.4) is 0 Å². The van der Waals surface area contributed by atoms with Crippen LogP contribution in [0.5, 0.6) is 0 Å². The molecule has 55 heavy (non-hydrogen) atoms. The van der Waals surface area contributed by atoms with E-state index in [2.05, 4.69) is 70.9 Å². The number of fused-ring (bicyclic) bond motifs is 2. The summed E-state index contributed by atoms with van der Waals surface area (Å²) in [6.45, 7) is 4.38. The number of carbonyl (C=O) groups excluding carboxylic acids is 3. The van der Waals surface area contributed by atoms with Crippen LogP contribution in [0.15, 0.2) is 83.9 Å². The van der Waals surface area contributed by atoms with Gasteiger partial charge in [0.1, 0.15) is 6.04 Å². The van der Waals surface area contributed by atoms with Gasteiger partial charge < -0.3 is 15.5 Å². The zero-order valence-corrected chi connectivity index (χ0v) is 31.7. The van der Waals surface area contributed by atoms with Crippen molar-refractivity contribution in [1.82, 2.24) is 29.7 Å². The molecule has 12 heteroatoms. The Balaban J connectivity index is 1.09. The normalized spacial score (nSPS) is 14.1. The number of imidazole rings is 1. The lowest BCUT2D eigenvalue weighted by molar-refractivity contribution is -0.133. The summed E-state index contributed by atoms with van der Waals surface area (Å²) in [5, 5.41) is 10.3. The number of imide groups is 1. The molecule has 0 saturated carbocycles. The summed E-state index contributed by atoms with van der Waals surface area (Å²) in [5.74, 6) is 5.29. The molecule has 1 aliphatic rings. The molecule has 6 aromatic rings. The number of rotatable bonds is 8. The highest BCUT2D eigenvalue weighted by molar-refractivity contribution is 6.02. The molecule has 3 aromatic heterocycles. The largest absolute Gasteiger partial charge is 0.376 e. The van der Waals surface area contributed by atoms with E-state index < -0.39 is 6.04 Å². The molecule has 0 radical (unpaired) electrons. The molecular weight excluding hydrogens is 693 g/mol. The summed E-state index contributed by atoms with van der Waals surface area (Å²) >= 11 is 0. The Labute approximate surface area is 318 Å². The second-order valence-electron chi connectivity index (χ2n) is 14.3. The number of nitrogens with zero attached hydrogens (tertiary/aromatic N) is 5. The van der Waals surface area contributed by atoms with E-state index in [1.807, 2.05) is 81.8 Å². The number of hydrogen-bond donors (Lipinski definition) is 3. The minimum atomic E-state index is -0.492. The lowest BCUT2D eigenvalue weighted by Gasteiger charge is -2.22. The molecule has 0 spiro atoms. The van der Waals surface area contributed by atoms with E-state index in [0.29, 0.717) is 23.4 Å². The van der Waals surface area contributed by atoms with Crippen LogP contribution in [-0.4, -0.2) is 63.5 Å². The van der Waals surface area contributed by atoms with Crippen molar-refractivity contribution in [3.63, 3.8) is 0 Å². The highest BCUT2D eigenvalue weighted by atomic mass is 16.2. The Kier molecular flexibility index (Phi) is 9.95. The van der Waals surface area contributed by atoms with Crippen LogP contribution >= 0.6 is 0 Å². The van der Waals surface area contributed by atoms with Crippen LogP contribution in [0.1, 0.15) is 54.2 Å². The van der Waals surface area contributed by atoms with E-state index in [-0.39, 0.29) is 48.0 Å². The molecule has 0 aliphatic carbocycles. The third kappa shape index (κ3) is 7.29. The number of piperidine rings is 1. The number of aryl methyl sites for hydroxylation is 2.